The molecule has 0 bridgehead atoms. The van der Waals surface area contributed by atoms with Gasteiger partial charge in [-0.15, -0.1) is 0 Å². The Bertz CT molecular complexity index is 2070. The maximum Gasteiger partial charge on any atom is 0.194 e. The first-order valence-corrected chi connectivity index (χ1v) is 16.6. The highest BCUT2D eigenvalue weighted by molar-refractivity contribution is 6.12. The molecule has 8 heteroatoms. The molecule has 0 saturated carbocycles. The molecule has 0 aromatic heterocycles. The van der Waals surface area contributed by atoms with Crippen molar-refractivity contribution in [1.29, 1.82) is 0 Å². The molecule has 50 heavy (non-hydrogen) atoms. The fourth-order valence-electron chi connectivity index (χ4n) is 8.23. The molecule has 0 aliphatic carbocycles. The van der Waals surface area contributed by atoms with Crippen LogP contribution in [0.2, 0.25) is 0 Å². The molecule has 0 fully saturated rings. The van der Waals surface area contributed by atoms with Gasteiger partial charge in [0.05, 0.1) is 13.1 Å². The predicted octanol–water partition coefficient (Wildman–Crippen LogP) is 8.98. The van der Waals surface area contributed by atoms with Crippen LogP contribution in [0.15, 0.2) is 84.9 Å². The normalized spacial score (nSPS) is 13.8. The van der Waals surface area contributed by atoms with Gasteiger partial charge in [0.1, 0.15) is 13.1 Å². The maximum atomic E-state index is 14.9. The van der Waals surface area contributed by atoms with Gasteiger partial charge in [-0.05, 0) is 80.2 Å². The first kappa shape index (κ1) is 35.7. The lowest BCUT2D eigenvalue weighted by Gasteiger charge is -2.41. The van der Waals surface area contributed by atoms with Crippen LogP contribution in [-0.4, -0.2) is 17.6 Å². The lowest BCUT2D eigenvalue weighted by molar-refractivity contribution is -0.958. The molecular weight excluding hydrogens is 712 g/mol. The number of hydrogen-bond donors (Lipinski definition) is 0. The smallest absolute Gasteiger partial charge is 0.194 e. The Morgan fingerprint density at radius 3 is 1.20 bits per heavy atom. The Balaban J connectivity index is 0.00000432. The van der Waals surface area contributed by atoms with Crippen molar-refractivity contribution in [2.45, 2.75) is 40.8 Å². The van der Waals surface area contributed by atoms with Crippen molar-refractivity contribution in [1.82, 2.24) is 0 Å². The number of fused-ring (bicyclic) bond motifs is 7. The van der Waals surface area contributed by atoms with Crippen molar-refractivity contribution in [3.63, 3.8) is 0 Å². The van der Waals surface area contributed by atoms with E-state index in [1.807, 2.05) is 60.7 Å². The molecule has 0 N–H and O–H groups in total. The number of hydrogen-bond acceptors (Lipinski definition) is 0. The van der Waals surface area contributed by atoms with Crippen LogP contribution >= 0.6 is 0 Å². The summed E-state index contributed by atoms with van der Waals surface area (Å²) in [5.74, 6) is -7.68. The van der Waals surface area contributed by atoms with Gasteiger partial charge in [0.2, 0.25) is 0 Å². The van der Waals surface area contributed by atoms with Gasteiger partial charge in [0, 0.05) is 34.1 Å². The summed E-state index contributed by atoms with van der Waals surface area (Å²) < 4.78 is 88.9. The molecule has 1 nitrogen and oxygen atoms in total. The third-order valence-electron chi connectivity index (χ3n) is 9.65. The third-order valence-corrected chi connectivity index (χ3v) is 9.65. The Labute approximate surface area is 298 Å². The number of quaternary nitrogens is 1. The molecule has 0 unspecified atom stereocenters. The van der Waals surface area contributed by atoms with E-state index in [4.69, 9.17) is 0 Å². The van der Waals surface area contributed by atoms with E-state index in [-0.39, 0.29) is 39.9 Å². The topological polar surface area (TPSA) is 0 Å². The molecule has 1 aliphatic rings. The summed E-state index contributed by atoms with van der Waals surface area (Å²) in [6, 6.07) is 23.6. The number of nitrogens with zero attached hydrogens (tertiary/aromatic N) is 1. The van der Waals surface area contributed by atoms with Crippen molar-refractivity contribution < 1.29 is 47.8 Å². The van der Waals surface area contributed by atoms with Crippen LogP contribution in [0.3, 0.4) is 0 Å². The highest BCUT2D eigenvalue weighted by Crippen LogP contribution is 2.50. The van der Waals surface area contributed by atoms with Crippen LogP contribution < -0.4 is 17.0 Å². The number of benzene rings is 6. The van der Waals surface area contributed by atoms with Crippen molar-refractivity contribution in [2.24, 2.45) is 11.8 Å². The minimum atomic E-state index is -1.53. The summed E-state index contributed by atoms with van der Waals surface area (Å²) in [6.45, 7) is 11.0. The molecule has 7 rings (SSSR count). The van der Waals surface area contributed by atoms with Gasteiger partial charge >= 0.3 is 0 Å². The molecule has 0 amide bonds. The molecule has 6 aromatic carbocycles. The second kappa shape index (κ2) is 13.5. The molecule has 0 radical (unpaired) electrons. The summed E-state index contributed by atoms with van der Waals surface area (Å²) in [4.78, 5) is 0. The van der Waals surface area contributed by atoms with Crippen LogP contribution in [0.4, 0.5) is 26.3 Å². The van der Waals surface area contributed by atoms with Gasteiger partial charge in [-0.2, -0.15) is 0 Å². The van der Waals surface area contributed by atoms with Gasteiger partial charge < -0.3 is 21.5 Å². The minimum Gasteiger partial charge on any atom is -1.00 e. The van der Waals surface area contributed by atoms with Crippen LogP contribution in [0.1, 0.15) is 38.8 Å². The lowest BCUT2D eigenvalue weighted by Crippen LogP contribution is -3.00. The van der Waals surface area contributed by atoms with Gasteiger partial charge in [0.25, 0.3) is 0 Å². The van der Waals surface area contributed by atoms with E-state index < -0.39 is 34.9 Å². The lowest BCUT2D eigenvalue weighted by atomic mass is 9.82. The maximum absolute atomic E-state index is 14.9. The van der Waals surface area contributed by atoms with Crippen LogP contribution in [-0.2, 0) is 13.1 Å². The molecule has 6 aromatic rings. The van der Waals surface area contributed by atoms with Crippen LogP contribution in [0.5, 0.6) is 0 Å². The third kappa shape index (κ3) is 6.21. The minimum absolute atomic E-state index is 0. The SMILES string of the molecule is CC(C)C[N+]1(CC(C)C)Cc2c(-c3cc(F)c(F)c(F)c3)cc3ccccc3c2-c2c(c(-c3cc(F)c(F)c(F)c3)cc3ccccc23)C1.[Br-]. The molecular formula is C42H36BrF6N. The summed E-state index contributed by atoms with van der Waals surface area (Å²) in [5.41, 5.74) is 5.01. The highest BCUT2D eigenvalue weighted by Gasteiger charge is 2.39. The first-order chi connectivity index (χ1) is 23.4. The zero-order chi connectivity index (χ0) is 34.8. The number of halogens is 7. The van der Waals surface area contributed by atoms with E-state index >= 15 is 0 Å². The van der Waals surface area contributed by atoms with Crippen LogP contribution in [0, 0.1) is 46.7 Å². The monoisotopic (exact) mass is 747 g/mol. The van der Waals surface area contributed by atoms with E-state index in [0.29, 0.717) is 28.7 Å². The molecule has 1 heterocycles. The van der Waals surface area contributed by atoms with Gasteiger partial charge in [0.15, 0.2) is 34.9 Å². The first-order valence-electron chi connectivity index (χ1n) is 16.6. The predicted molar refractivity (Wildman–Crippen MR) is 185 cm³/mol. The van der Waals surface area contributed by atoms with Crippen LogP contribution in [0.25, 0.3) is 54.9 Å². The highest BCUT2D eigenvalue weighted by atomic mass is 79.9. The Hall–Kier alpha value is -4.14. The van der Waals surface area contributed by atoms with Gasteiger partial charge in [-0.1, -0.05) is 76.2 Å². The largest absolute Gasteiger partial charge is 1.00 e. The van der Waals surface area contributed by atoms with Gasteiger partial charge in [-0.3, -0.25) is 0 Å². The molecule has 0 saturated heterocycles. The summed E-state index contributed by atoms with van der Waals surface area (Å²) in [7, 11) is 0. The van der Waals surface area contributed by atoms with E-state index in [1.54, 1.807) is 0 Å². The Morgan fingerprint density at radius 2 is 0.860 bits per heavy atom. The Morgan fingerprint density at radius 1 is 0.520 bits per heavy atom. The van der Waals surface area contributed by atoms with Gasteiger partial charge in [-0.25, -0.2) is 26.3 Å². The van der Waals surface area contributed by atoms with Crippen molar-refractivity contribution in [2.75, 3.05) is 13.1 Å². The zero-order valence-electron chi connectivity index (χ0n) is 28.2. The molecule has 0 spiro atoms. The fraction of sp³-hybridized carbons (Fsp3) is 0.238. The molecule has 1 aliphatic heterocycles. The van der Waals surface area contributed by atoms with Crippen molar-refractivity contribution in [3.8, 4) is 33.4 Å². The quantitative estimate of drug-likeness (QED) is 0.0907. The van der Waals surface area contributed by atoms with Crippen molar-refractivity contribution >= 4 is 21.5 Å². The second-order valence-electron chi connectivity index (χ2n) is 14.3. The summed E-state index contributed by atoms with van der Waals surface area (Å²) in [6.07, 6.45) is 0. The van der Waals surface area contributed by atoms with E-state index in [9.17, 15) is 26.3 Å². The fourth-order valence-corrected chi connectivity index (χ4v) is 8.23. The standard InChI is InChI=1S/C42H36F6N.BrH/c1-23(2)19-49(20-24(3)4)21-33-31(27-15-35(43)41(47)36(44)16-27)13-25-9-5-7-11-29(25)39(33)40-30-12-8-6-10-26(30)14-32(34(40)22-49)28-17-37(45)42(48)38(46)18-28;/h5-18,23-24H,19-22H2,1-4H3;1H/q+1;/p-1. The second-order valence-corrected chi connectivity index (χ2v) is 14.3. The average Bonchev–Trinajstić information content (AvgIpc) is 3.19. The zero-order valence-corrected chi connectivity index (χ0v) is 29.7. The molecule has 0 atom stereocenters. The van der Waals surface area contributed by atoms with E-state index in [0.717, 1.165) is 81.2 Å². The van der Waals surface area contributed by atoms with E-state index in [1.165, 1.54) is 0 Å². The average molecular weight is 749 g/mol. The summed E-state index contributed by atoms with van der Waals surface area (Å²) in [5, 5.41) is 3.43. The summed E-state index contributed by atoms with van der Waals surface area (Å²) >= 11 is 0. The van der Waals surface area contributed by atoms with Crippen molar-refractivity contribution in [3.05, 3.63) is 131 Å². The molecule has 258 valence electrons. The Kier molecular flexibility index (Phi) is 9.66. The number of rotatable bonds is 6. The van der Waals surface area contributed by atoms with E-state index in [2.05, 4.69) is 27.7 Å².